The number of benzene rings is 1. The number of anilines is 2. The average Bonchev–Trinajstić information content (AvgIpc) is 2.81. The SMILES string of the molecule is CC(C)CN(NC(=O)N(CCCCCCNC(=O)O)c1ccc(F)cc1)c1nc(C#N)ncc1Br. The van der Waals surface area contributed by atoms with E-state index in [2.05, 4.69) is 36.6 Å². The van der Waals surface area contributed by atoms with Crippen molar-refractivity contribution in [2.75, 3.05) is 29.5 Å². The second kappa shape index (κ2) is 14.1. The van der Waals surface area contributed by atoms with Crippen LogP contribution in [-0.4, -0.2) is 46.8 Å². The van der Waals surface area contributed by atoms with Gasteiger partial charge in [0.25, 0.3) is 0 Å². The second-order valence-corrected chi connectivity index (χ2v) is 9.03. The third kappa shape index (κ3) is 9.36. The maximum Gasteiger partial charge on any atom is 0.404 e. The zero-order chi connectivity index (χ0) is 25.8. The van der Waals surface area contributed by atoms with E-state index < -0.39 is 17.9 Å². The molecule has 3 amide bonds. The lowest BCUT2D eigenvalue weighted by Gasteiger charge is -2.31. The molecule has 2 aromatic rings. The van der Waals surface area contributed by atoms with Gasteiger partial charge in [-0.25, -0.2) is 24.4 Å². The number of nitriles is 1. The van der Waals surface area contributed by atoms with Gasteiger partial charge in [-0.2, -0.15) is 10.2 Å². The molecule has 0 fully saturated rings. The van der Waals surface area contributed by atoms with Gasteiger partial charge in [-0.3, -0.25) is 9.91 Å². The highest BCUT2D eigenvalue weighted by Gasteiger charge is 2.22. The van der Waals surface area contributed by atoms with Crippen LogP contribution in [0.2, 0.25) is 0 Å². The molecule has 188 valence electrons. The van der Waals surface area contributed by atoms with Crippen molar-refractivity contribution >= 4 is 39.6 Å². The van der Waals surface area contributed by atoms with Crippen molar-refractivity contribution in [3.8, 4) is 6.07 Å². The first-order valence-electron chi connectivity index (χ1n) is 11.2. The van der Waals surface area contributed by atoms with Crippen LogP contribution in [-0.2, 0) is 0 Å². The average molecular weight is 550 g/mol. The Labute approximate surface area is 212 Å². The molecule has 0 radical (unpaired) electrons. The Hall–Kier alpha value is -3.46. The zero-order valence-electron chi connectivity index (χ0n) is 19.7. The summed E-state index contributed by atoms with van der Waals surface area (Å²) in [6.45, 7) is 5.13. The van der Waals surface area contributed by atoms with Gasteiger partial charge >= 0.3 is 12.1 Å². The van der Waals surface area contributed by atoms with Gasteiger partial charge in [0.15, 0.2) is 5.82 Å². The third-order valence-corrected chi connectivity index (χ3v) is 5.39. The second-order valence-electron chi connectivity index (χ2n) is 8.17. The van der Waals surface area contributed by atoms with Gasteiger partial charge < -0.3 is 10.4 Å². The first-order chi connectivity index (χ1) is 16.7. The van der Waals surface area contributed by atoms with Gasteiger partial charge in [0.1, 0.15) is 11.9 Å². The Kier molecular flexibility index (Phi) is 11.2. The standard InChI is InChI=1S/C23H29BrFN7O3/c1-16(2)15-32(21-19(24)14-28-20(13-26)29-21)30-22(33)31(18-9-7-17(25)8-10-18)12-6-4-3-5-11-27-23(34)35/h7-10,14,16,27H,3-6,11-12,15H2,1-2H3,(H,30,33)(H,34,35). The molecule has 0 atom stereocenters. The molecular weight excluding hydrogens is 521 g/mol. The molecule has 0 saturated heterocycles. The number of carboxylic acid groups (broad SMARTS) is 1. The van der Waals surface area contributed by atoms with E-state index in [1.807, 2.05) is 19.9 Å². The van der Waals surface area contributed by atoms with Crippen molar-refractivity contribution in [2.45, 2.75) is 39.5 Å². The van der Waals surface area contributed by atoms with Gasteiger partial charge in [-0.15, -0.1) is 0 Å². The van der Waals surface area contributed by atoms with E-state index in [-0.39, 0.29) is 11.7 Å². The molecule has 1 aromatic carbocycles. The van der Waals surface area contributed by atoms with Crippen LogP contribution >= 0.6 is 15.9 Å². The number of hydrogen-bond acceptors (Lipinski definition) is 6. The van der Waals surface area contributed by atoms with Crippen molar-refractivity contribution in [1.29, 1.82) is 5.26 Å². The van der Waals surface area contributed by atoms with Crippen molar-refractivity contribution in [3.05, 3.63) is 46.6 Å². The summed E-state index contributed by atoms with van der Waals surface area (Å²) >= 11 is 3.39. The molecule has 0 spiro atoms. The summed E-state index contributed by atoms with van der Waals surface area (Å²) in [5.74, 6) is 0.0689. The molecule has 0 bridgehead atoms. The number of carbonyl (C=O) groups excluding carboxylic acids is 1. The Balaban J connectivity index is 2.16. The van der Waals surface area contributed by atoms with E-state index in [0.717, 1.165) is 12.8 Å². The number of carbonyl (C=O) groups is 2. The normalized spacial score (nSPS) is 10.5. The first-order valence-corrected chi connectivity index (χ1v) is 12.0. The van der Waals surface area contributed by atoms with Gasteiger partial charge in [-0.1, -0.05) is 26.7 Å². The number of hydrogen-bond donors (Lipinski definition) is 3. The fourth-order valence-corrected chi connectivity index (χ4v) is 3.65. The fraction of sp³-hybridized carbons (Fsp3) is 0.435. The van der Waals surface area contributed by atoms with Crippen LogP contribution in [0, 0.1) is 23.1 Å². The molecule has 10 nitrogen and oxygen atoms in total. The van der Waals surface area contributed by atoms with Crippen LogP contribution in [0.4, 0.5) is 25.5 Å². The zero-order valence-corrected chi connectivity index (χ0v) is 21.3. The number of amides is 3. The van der Waals surface area contributed by atoms with E-state index in [9.17, 15) is 19.2 Å². The maximum atomic E-state index is 13.5. The van der Waals surface area contributed by atoms with Crippen LogP contribution in [0.15, 0.2) is 34.9 Å². The summed E-state index contributed by atoms with van der Waals surface area (Å²) < 4.78 is 14.0. The third-order valence-electron chi connectivity index (χ3n) is 4.83. The van der Waals surface area contributed by atoms with Crippen LogP contribution in [0.1, 0.15) is 45.4 Å². The van der Waals surface area contributed by atoms with E-state index in [4.69, 9.17) is 5.11 Å². The van der Waals surface area contributed by atoms with Crippen molar-refractivity contribution in [3.63, 3.8) is 0 Å². The van der Waals surface area contributed by atoms with E-state index >= 15 is 0 Å². The van der Waals surface area contributed by atoms with Gasteiger partial charge in [0.2, 0.25) is 5.82 Å². The molecule has 3 N–H and O–H groups in total. The molecule has 1 aromatic heterocycles. The van der Waals surface area contributed by atoms with Crippen LogP contribution < -0.4 is 20.7 Å². The molecule has 35 heavy (non-hydrogen) atoms. The molecule has 0 aliphatic carbocycles. The molecule has 0 aliphatic heterocycles. The summed E-state index contributed by atoms with van der Waals surface area (Å²) in [6, 6.07) is 7.11. The lowest BCUT2D eigenvalue weighted by Crippen LogP contribution is -2.51. The van der Waals surface area contributed by atoms with Crippen molar-refractivity contribution in [1.82, 2.24) is 20.7 Å². The van der Waals surface area contributed by atoms with Crippen LogP contribution in [0.25, 0.3) is 0 Å². The van der Waals surface area contributed by atoms with E-state index in [1.54, 1.807) is 5.01 Å². The Morgan fingerprint density at radius 1 is 1.20 bits per heavy atom. The van der Waals surface area contributed by atoms with E-state index in [0.29, 0.717) is 48.5 Å². The number of aromatic nitrogens is 2. The predicted octanol–water partition coefficient (Wildman–Crippen LogP) is 4.67. The quantitative estimate of drug-likeness (QED) is 0.258. The minimum absolute atomic E-state index is 0.0287. The largest absolute Gasteiger partial charge is 0.465 e. The summed E-state index contributed by atoms with van der Waals surface area (Å²) in [6.07, 6.45) is 3.34. The Morgan fingerprint density at radius 2 is 1.89 bits per heavy atom. The van der Waals surface area contributed by atoms with Crippen LogP contribution in [0.5, 0.6) is 0 Å². The number of nitrogens with zero attached hydrogens (tertiary/aromatic N) is 5. The topological polar surface area (TPSA) is 134 Å². The number of nitrogens with one attached hydrogen (secondary N) is 2. The maximum absolute atomic E-state index is 13.5. The molecule has 2 rings (SSSR count). The Bertz CT molecular complexity index is 1030. The molecule has 0 unspecified atom stereocenters. The van der Waals surface area contributed by atoms with Gasteiger partial charge in [-0.05, 0) is 59.0 Å². The van der Waals surface area contributed by atoms with Crippen molar-refractivity contribution in [2.24, 2.45) is 5.92 Å². The number of rotatable bonds is 12. The summed E-state index contributed by atoms with van der Waals surface area (Å²) in [4.78, 5) is 33.6. The highest BCUT2D eigenvalue weighted by Crippen LogP contribution is 2.23. The fourth-order valence-electron chi connectivity index (χ4n) is 3.24. The first kappa shape index (κ1) is 27.8. The van der Waals surface area contributed by atoms with Crippen LogP contribution in [0.3, 0.4) is 0 Å². The predicted molar refractivity (Wildman–Crippen MR) is 133 cm³/mol. The number of halogens is 2. The lowest BCUT2D eigenvalue weighted by atomic mass is 10.2. The number of hydrazine groups is 1. The smallest absolute Gasteiger partial charge is 0.404 e. The highest BCUT2D eigenvalue weighted by atomic mass is 79.9. The minimum atomic E-state index is -1.05. The van der Waals surface area contributed by atoms with Crippen molar-refractivity contribution < 1.29 is 19.1 Å². The molecule has 12 heteroatoms. The number of unbranched alkanes of at least 4 members (excludes halogenated alkanes) is 3. The molecule has 0 aliphatic rings. The summed E-state index contributed by atoms with van der Waals surface area (Å²) in [5, 5.41) is 21.7. The summed E-state index contributed by atoms with van der Waals surface area (Å²) in [5.41, 5.74) is 3.39. The Morgan fingerprint density at radius 3 is 2.51 bits per heavy atom. The highest BCUT2D eigenvalue weighted by molar-refractivity contribution is 9.10. The van der Waals surface area contributed by atoms with Gasteiger partial charge in [0, 0.05) is 31.5 Å². The van der Waals surface area contributed by atoms with E-state index in [1.165, 1.54) is 35.4 Å². The minimum Gasteiger partial charge on any atom is -0.465 e. The summed E-state index contributed by atoms with van der Waals surface area (Å²) in [7, 11) is 0. The van der Waals surface area contributed by atoms with Gasteiger partial charge in [0.05, 0.1) is 4.47 Å². The monoisotopic (exact) mass is 549 g/mol. The molecule has 1 heterocycles. The number of urea groups is 1. The molecule has 0 saturated carbocycles. The lowest BCUT2D eigenvalue weighted by molar-refractivity contribution is 0.194. The molecular formula is C23H29BrFN7O3.